The molecule has 9 heteroatoms. The van der Waals surface area contributed by atoms with Gasteiger partial charge in [0, 0.05) is 12.1 Å². The third-order valence-electron chi connectivity index (χ3n) is 5.18. The van der Waals surface area contributed by atoms with Gasteiger partial charge in [0.15, 0.2) is 0 Å². The highest BCUT2D eigenvalue weighted by molar-refractivity contribution is 7.88. The molecular formula is C19H26N4O4S. The molecule has 28 heavy (non-hydrogen) atoms. The van der Waals surface area contributed by atoms with Crippen LogP contribution in [-0.2, 0) is 15.8 Å². The fourth-order valence-electron chi connectivity index (χ4n) is 3.40. The number of nitrogens with one attached hydrogen (secondary N) is 3. The lowest BCUT2D eigenvalue weighted by Crippen LogP contribution is -2.37. The second kappa shape index (κ2) is 8.32. The molecule has 0 aliphatic heterocycles. The van der Waals surface area contributed by atoms with Crippen molar-refractivity contribution < 1.29 is 13.2 Å². The van der Waals surface area contributed by atoms with E-state index in [1.54, 1.807) is 24.3 Å². The maximum Gasteiger partial charge on any atom is 0.271 e. The molecule has 1 aromatic heterocycles. The van der Waals surface area contributed by atoms with Gasteiger partial charge < -0.3 is 5.32 Å². The van der Waals surface area contributed by atoms with Gasteiger partial charge in [-0.25, -0.2) is 17.8 Å². The van der Waals surface area contributed by atoms with Crippen LogP contribution < -0.4 is 15.6 Å². The molecule has 1 saturated carbocycles. The van der Waals surface area contributed by atoms with Gasteiger partial charge in [0.25, 0.3) is 11.5 Å². The Hall–Kier alpha value is -2.39. The first-order chi connectivity index (χ1) is 13.3. The number of carbonyl (C=O) groups is 1. The molecular weight excluding hydrogens is 380 g/mol. The predicted octanol–water partition coefficient (Wildman–Crippen LogP) is 1.52. The number of rotatable bonds is 6. The minimum atomic E-state index is -3.36. The van der Waals surface area contributed by atoms with Crippen LogP contribution in [0.25, 0.3) is 5.69 Å². The van der Waals surface area contributed by atoms with Crippen LogP contribution >= 0.6 is 0 Å². The first kappa shape index (κ1) is 20.3. The molecule has 0 spiro atoms. The van der Waals surface area contributed by atoms with E-state index in [1.807, 2.05) is 0 Å². The van der Waals surface area contributed by atoms with Gasteiger partial charge >= 0.3 is 0 Å². The lowest BCUT2D eigenvalue weighted by molar-refractivity contribution is 0.0917. The van der Waals surface area contributed by atoms with Crippen LogP contribution in [0.5, 0.6) is 0 Å². The molecule has 2 aromatic rings. The molecule has 1 aliphatic rings. The topological polar surface area (TPSA) is 113 Å². The minimum Gasteiger partial charge on any atom is -0.348 e. The van der Waals surface area contributed by atoms with Crippen molar-refractivity contribution in [2.24, 2.45) is 5.92 Å². The molecule has 0 atom stereocenters. The number of aromatic amines is 1. The third kappa shape index (κ3) is 4.90. The summed E-state index contributed by atoms with van der Waals surface area (Å²) in [5, 5.41) is 5.83. The largest absolute Gasteiger partial charge is 0.348 e. The average Bonchev–Trinajstić information content (AvgIpc) is 3.06. The third-order valence-corrected chi connectivity index (χ3v) is 6.51. The molecule has 0 saturated heterocycles. The zero-order valence-electron chi connectivity index (χ0n) is 16.1. The lowest BCUT2D eigenvalue weighted by atomic mass is 9.87. The summed E-state index contributed by atoms with van der Waals surface area (Å²) in [6.45, 7) is 2.22. The van der Waals surface area contributed by atoms with Crippen LogP contribution in [0.1, 0.15) is 48.7 Å². The molecule has 1 heterocycles. The Labute approximate surface area is 164 Å². The number of nitrogens with zero attached hydrogens (tertiary/aromatic N) is 1. The molecule has 0 unspecified atom stereocenters. The Bertz CT molecular complexity index is 984. The number of hydrogen-bond donors (Lipinski definition) is 3. The molecule has 1 aliphatic carbocycles. The van der Waals surface area contributed by atoms with E-state index in [2.05, 4.69) is 22.1 Å². The maximum absolute atomic E-state index is 12.5. The van der Waals surface area contributed by atoms with E-state index in [4.69, 9.17) is 0 Å². The summed E-state index contributed by atoms with van der Waals surface area (Å²) in [6, 6.07) is 7.98. The van der Waals surface area contributed by atoms with Crippen LogP contribution in [0.15, 0.2) is 35.1 Å². The van der Waals surface area contributed by atoms with E-state index < -0.39 is 10.0 Å². The van der Waals surface area contributed by atoms with Crippen molar-refractivity contribution in [3.05, 3.63) is 51.9 Å². The second-order valence-corrected chi connectivity index (χ2v) is 9.33. The van der Waals surface area contributed by atoms with Gasteiger partial charge in [-0.3, -0.25) is 14.7 Å². The Balaban J connectivity index is 1.71. The van der Waals surface area contributed by atoms with Crippen molar-refractivity contribution in [2.45, 2.75) is 44.4 Å². The normalized spacial score (nSPS) is 20.1. The maximum atomic E-state index is 12.5. The Morgan fingerprint density at radius 2 is 1.82 bits per heavy atom. The number of hydrogen-bond acceptors (Lipinski definition) is 4. The summed E-state index contributed by atoms with van der Waals surface area (Å²) in [6.07, 6.45) is 4.10. The van der Waals surface area contributed by atoms with E-state index in [0.717, 1.165) is 25.7 Å². The zero-order chi connectivity index (χ0) is 20.3. The zero-order valence-corrected chi connectivity index (χ0v) is 16.9. The van der Waals surface area contributed by atoms with Gasteiger partial charge in [0.1, 0.15) is 5.69 Å². The van der Waals surface area contributed by atoms with Gasteiger partial charge in [-0.2, -0.15) is 0 Å². The summed E-state index contributed by atoms with van der Waals surface area (Å²) in [7, 11) is -2.00. The van der Waals surface area contributed by atoms with Crippen molar-refractivity contribution >= 4 is 15.9 Å². The SMILES string of the molecule is CNS(=O)(=O)Cc1ccc(-n2[nH]c(C(=O)NC3CCC(C)CC3)cc2=O)cc1. The summed E-state index contributed by atoms with van der Waals surface area (Å²) in [5.74, 6) is 0.268. The van der Waals surface area contributed by atoms with Crippen LogP contribution in [0.2, 0.25) is 0 Å². The van der Waals surface area contributed by atoms with E-state index >= 15 is 0 Å². The van der Waals surface area contributed by atoms with Crippen molar-refractivity contribution in [1.29, 1.82) is 0 Å². The van der Waals surface area contributed by atoms with E-state index in [-0.39, 0.29) is 29.0 Å². The van der Waals surface area contributed by atoms with Gasteiger partial charge in [0.05, 0.1) is 11.4 Å². The Morgan fingerprint density at radius 1 is 1.18 bits per heavy atom. The van der Waals surface area contributed by atoms with Gasteiger partial charge in [-0.1, -0.05) is 19.1 Å². The molecule has 8 nitrogen and oxygen atoms in total. The highest BCUT2D eigenvalue weighted by Crippen LogP contribution is 2.23. The van der Waals surface area contributed by atoms with E-state index in [0.29, 0.717) is 17.2 Å². The quantitative estimate of drug-likeness (QED) is 0.675. The molecule has 1 fully saturated rings. The number of amides is 1. The summed E-state index contributed by atoms with van der Waals surface area (Å²) < 4.78 is 26.8. The van der Waals surface area contributed by atoms with Crippen molar-refractivity contribution in [3.8, 4) is 5.69 Å². The lowest BCUT2D eigenvalue weighted by Gasteiger charge is -2.26. The van der Waals surface area contributed by atoms with E-state index in [9.17, 15) is 18.0 Å². The minimum absolute atomic E-state index is 0.142. The van der Waals surface area contributed by atoms with Gasteiger partial charge in [-0.15, -0.1) is 0 Å². The molecule has 152 valence electrons. The first-order valence-electron chi connectivity index (χ1n) is 9.41. The summed E-state index contributed by atoms with van der Waals surface area (Å²) in [4.78, 5) is 24.8. The first-order valence-corrected chi connectivity index (χ1v) is 11.1. The average molecular weight is 407 g/mol. The van der Waals surface area contributed by atoms with Crippen molar-refractivity contribution in [1.82, 2.24) is 19.8 Å². The Kier molecular flexibility index (Phi) is 6.04. The molecule has 3 rings (SSSR count). The molecule has 0 bridgehead atoms. The van der Waals surface area contributed by atoms with Crippen molar-refractivity contribution in [3.63, 3.8) is 0 Å². The highest BCUT2D eigenvalue weighted by Gasteiger charge is 2.21. The number of aromatic nitrogens is 2. The van der Waals surface area contributed by atoms with Crippen molar-refractivity contribution in [2.75, 3.05) is 7.05 Å². The van der Waals surface area contributed by atoms with Gasteiger partial charge in [-0.05, 0) is 56.3 Å². The van der Waals surface area contributed by atoms with Gasteiger partial charge in [0.2, 0.25) is 10.0 Å². The van der Waals surface area contributed by atoms with Crippen LogP contribution in [0.4, 0.5) is 0 Å². The standard InChI is InChI=1S/C19H26N4O4S/c1-13-3-7-15(8-4-13)21-19(25)17-11-18(24)23(22-17)16-9-5-14(6-10-16)12-28(26,27)20-2/h5-6,9-11,13,15,20,22H,3-4,7-8,12H2,1-2H3,(H,21,25). The second-order valence-electron chi connectivity index (χ2n) is 7.40. The predicted molar refractivity (Wildman–Crippen MR) is 107 cm³/mol. The number of sulfonamides is 1. The monoisotopic (exact) mass is 406 g/mol. The molecule has 3 N–H and O–H groups in total. The fraction of sp³-hybridized carbons (Fsp3) is 0.474. The fourth-order valence-corrected chi connectivity index (χ4v) is 4.18. The number of H-pyrrole nitrogens is 1. The van der Waals surface area contributed by atoms with Crippen LogP contribution in [0.3, 0.4) is 0 Å². The summed E-state index contributed by atoms with van der Waals surface area (Å²) in [5.41, 5.74) is 0.992. The molecule has 1 aromatic carbocycles. The highest BCUT2D eigenvalue weighted by atomic mass is 32.2. The molecule has 0 radical (unpaired) electrons. The Morgan fingerprint density at radius 3 is 2.43 bits per heavy atom. The number of benzene rings is 1. The van der Waals surface area contributed by atoms with E-state index in [1.165, 1.54) is 17.8 Å². The number of carbonyl (C=O) groups excluding carboxylic acids is 1. The summed E-state index contributed by atoms with van der Waals surface area (Å²) >= 11 is 0. The van der Waals surface area contributed by atoms with Crippen LogP contribution in [0, 0.1) is 5.92 Å². The molecule has 1 amide bonds. The smallest absolute Gasteiger partial charge is 0.271 e. The van der Waals surface area contributed by atoms with Crippen LogP contribution in [-0.4, -0.2) is 37.2 Å².